The van der Waals surface area contributed by atoms with Crippen LogP contribution < -0.4 is 0 Å². The number of hydrogen-bond acceptors (Lipinski definition) is 4. The molecule has 0 radical (unpaired) electrons. The number of fused-ring (bicyclic) bond motifs is 3. The van der Waals surface area contributed by atoms with E-state index in [-0.39, 0.29) is 0 Å². The monoisotopic (exact) mass is 726 g/mol. The Morgan fingerprint density at radius 2 is 0.737 bits per heavy atom. The van der Waals surface area contributed by atoms with Crippen LogP contribution in [0.1, 0.15) is 27.8 Å². The zero-order valence-electron chi connectivity index (χ0n) is 30.9. The Kier molecular flexibility index (Phi) is 8.39. The highest BCUT2D eigenvalue weighted by Gasteiger charge is 2.46. The predicted molar refractivity (Wildman–Crippen MR) is 229 cm³/mol. The van der Waals surface area contributed by atoms with Crippen LogP contribution in [0.4, 0.5) is 0 Å². The van der Waals surface area contributed by atoms with Gasteiger partial charge < -0.3 is 0 Å². The van der Waals surface area contributed by atoms with Crippen molar-refractivity contribution in [2.75, 3.05) is 0 Å². The Hall–Kier alpha value is -7.74. The Bertz CT molecular complexity index is 2820. The van der Waals surface area contributed by atoms with Crippen LogP contribution in [0.15, 0.2) is 206 Å². The van der Waals surface area contributed by atoms with E-state index in [0.29, 0.717) is 23.0 Å². The van der Waals surface area contributed by atoms with E-state index in [1.54, 1.807) is 0 Å². The van der Waals surface area contributed by atoms with Gasteiger partial charge in [0.2, 0.25) is 0 Å². The van der Waals surface area contributed by atoms with Crippen molar-refractivity contribution in [1.82, 2.24) is 15.0 Å². The molecule has 0 N–H and O–H groups in total. The molecule has 1 aliphatic rings. The molecule has 0 aliphatic heterocycles. The van der Waals surface area contributed by atoms with Crippen LogP contribution in [0.25, 0.3) is 67.5 Å². The molecule has 0 spiro atoms. The summed E-state index contributed by atoms with van der Waals surface area (Å²) in [4.78, 5) is 14.8. The molecule has 0 bridgehead atoms. The second kappa shape index (κ2) is 14.2. The van der Waals surface area contributed by atoms with Crippen LogP contribution in [0.2, 0.25) is 0 Å². The molecular formula is C53H34N4. The van der Waals surface area contributed by atoms with Crippen LogP contribution in [-0.4, -0.2) is 15.0 Å². The molecule has 8 aromatic carbocycles. The van der Waals surface area contributed by atoms with E-state index in [4.69, 9.17) is 15.0 Å². The largest absolute Gasteiger partial charge is 0.208 e. The van der Waals surface area contributed by atoms with Gasteiger partial charge in [-0.15, -0.1) is 0 Å². The standard InChI is InChI=1S/C53H34N4/c54-35-36-25-27-37(28-26-36)46-34-49-47(44-23-13-14-24-48(44)53(49,42-19-9-3-10-20-42)43-21-11-4-12-22-43)33-45(46)38-29-31-41(32-30-38)52-56-50(39-15-5-1-6-16-39)55-51(57-52)40-17-7-2-8-18-40/h1-34H. The van der Waals surface area contributed by atoms with E-state index >= 15 is 0 Å². The number of rotatable bonds is 7. The number of nitriles is 1. The number of benzene rings is 8. The average molecular weight is 727 g/mol. The van der Waals surface area contributed by atoms with E-state index in [1.807, 2.05) is 72.8 Å². The maximum Gasteiger partial charge on any atom is 0.164 e. The molecule has 57 heavy (non-hydrogen) atoms. The van der Waals surface area contributed by atoms with Gasteiger partial charge in [-0.1, -0.05) is 182 Å². The quantitative estimate of drug-likeness (QED) is 0.164. The minimum Gasteiger partial charge on any atom is -0.208 e. The molecule has 0 unspecified atom stereocenters. The van der Waals surface area contributed by atoms with Gasteiger partial charge in [0.15, 0.2) is 17.5 Å². The molecule has 1 aromatic heterocycles. The van der Waals surface area contributed by atoms with Gasteiger partial charge in [0, 0.05) is 16.7 Å². The fourth-order valence-corrected chi connectivity index (χ4v) is 8.43. The lowest BCUT2D eigenvalue weighted by Gasteiger charge is -2.34. The van der Waals surface area contributed by atoms with Crippen LogP contribution in [0.3, 0.4) is 0 Å². The van der Waals surface area contributed by atoms with E-state index in [0.717, 1.165) is 38.9 Å². The van der Waals surface area contributed by atoms with Gasteiger partial charge in [-0.3, -0.25) is 0 Å². The van der Waals surface area contributed by atoms with Crippen molar-refractivity contribution in [3.8, 4) is 73.6 Å². The zero-order valence-corrected chi connectivity index (χ0v) is 30.9. The van der Waals surface area contributed by atoms with E-state index in [2.05, 4.69) is 140 Å². The first-order valence-electron chi connectivity index (χ1n) is 19.1. The van der Waals surface area contributed by atoms with Crippen molar-refractivity contribution in [2.24, 2.45) is 0 Å². The highest BCUT2D eigenvalue weighted by atomic mass is 15.0. The number of nitrogens with zero attached hydrogens (tertiary/aromatic N) is 4. The van der Waals surface area contributed by atoms with Crippen LogP contribution in [-0.2, 0) is 5.41 Å². The lowest BCUT2D eigenvalue weighted by Crippen LogP contribution is -2.28. The third kappa shape index (κ3) is 5.82. The third-order valence-corrected chi connectivity index (χ3v) is 11.1. The highest BCUT2D eigenvalue weighted by molar-refractivity contribution is 5.95. The summed E-state index contributed by atoms with van der Waals surface area (Å²) in [6.45, 7) is 0. The van der Waals surface area contributed by atoms with Crippen molar-refractivity contribution in [3.63, 3.8) is 0 Å². The second-order valence-electron chi connectivity index (χ2n) is 14.3. The molecule has 0 saturated heterocycles. The molecule has 4 heteroatoms. The van der Waals surface area contributed by atoms with Gasteiger partial charge in [-0.25, -0.2) is 15.0 Å². The average Bonchev–Trinajstić information content (AvgIpc) is 3.60. The molecule has 0 fully saturated rings. The summed E-state index contributed by atoms with van der Waals surface area (Å²) in [5.74, 6) is 1.87. The van der Waals surface area contributed by atoms with Crippen LogP contribution in [0, 0.1) is 11.3 Å². The lowest BCUT2D eigenvalue weighted by atomic mass is 9.67. The van der Waals surface area contributed by atoms with Crippen molar-refractivity contribution >= 4 is 0 Å². The predicted octanol–water partition coefficient (Wildman–Crippen LogP) is 12.4. The smallest absolute Gasteiger partial charge is 0.164 e. The first kappa shape index (κ1) is 33.8. The molecule has 266 valence electrons. The van der Waals surface area contributed by atoms with Gasteiger partial charge in [0.1, 0.15) is 0 Å². The molecule has 0 saturated carbocycles. The zero-order chi connectivity index (χ0) is 38.2. The van der Waals surface area contributed by atoms with Gasteiger partial charge in [0.05, 0.1) is 17.0 Å². The van der Waals surface area contributed by atoms with Gasteiger partial charge in [0.25, 0.3) is 0 Å². The topological polar surface area (TPSA) is 62.5 Å². The van der Waals surface area contributed by atoms with Gasteiger partial charge in [-0.2, -0.15) is 5.26 Å². The molecular weight excluding hydrogens is 693 g/mol. The Morgan fingerprint density at radius 3 is 1.25 bits per heavy atom. The summed E-state index contributed by atoms with van der Waals surface area (Å²) in [6.07, 6.45) is 0. The molecule has 0 atom stereocenters. The second-order valence-corrected chi connectivity index (χ2v) is 14.3. The summed E-state index contributed by atoms with van der Waals surface area (Å²) in [6, 6.07) is 74.2. The van der Waals surface area contributed by atoms with Gasteiger partial charge in [-0.05, 0) is 79.9 Å². The van der Waals surface area contributed by atoms with E-state index < -0.39 is 5.41 Å². The molecule has 1 aliphatic carbocycles. The van der Waals surface area contributed by atoms with E-state index in [1.165, 1.54) is 33.4 Å². The Labute approximate surface area is 332 Å². The molecule has 9 aromatic rings. The maximum atomic E-state index is 9.70. The summed E-state index contributed by atoms with van der Waals surface area (Å²) in [5.41, 5.74) is 14.5. The highest BCUT2D eigenvalue weighted by Crippen LogP contribution is 2.58. The molecule has 0 amide bonds. The normalized spacial score (nSPS) is 12.3. The SMILES string of the molecule is N#Cc1ccc(-c2cc3c(cc2-c2ccc(-c4nc(-c5ccccc5)nc(-c5ccccc5)n4)cc2)-c2ccccc2C3(c2ccccc2)c2ccccc2)cc1. The third-order valence-electron chi connectivity index (χ3n) is 11.1. The van der Waals surface area contributed by atoms with E-state index in [9.17, 15) is 5.26 Å². The fourth-order valence-electron chi connectivity index (χ4n) is 8.43. The lowest BCUT2D eigenvalue weighted by molar-refractivity contribution is 0.769. The summed E-state index contributed by atoms with van der Waals surface area (Å²) < 4.78 is 0. The Balaban J connectivity index is 1.18. The first-order valence-corrected chi connectivity index (χ1v) is 19.1. The summed E-state index contributed by atoms with van der Waals surface area (Å²) in [5, 5.41) is 9.70. The minimum atomic E-state index is -0.538. The van der Waals surface area contributed by atoms with Crippen LogP contribution >= 0.6 is 0 Å². The molecule has 4 nitrogen and oxygen atoms in total. The fraction of sp³-hybridized carbons (Fsp3) is 0.0189. The number of hydrogen-bond donors (Lipinski definition) is 0. The minimum absolute atomic E-state index is 0.538. The summed E-state index contributed by atoms with van der Waals surface area (Å²) in [7, 11) is 0. The number of aromatic nitrogens is 3. The summed E-state index contributed by atoms with van der Waals surface area (Å²) >= 11 is 0. The van der Waals surface area contributed by atoms with Crippen molar-refractivity contribution in [3.05, 3.63) is 234 Å². The van der Waals surface area contributed by atoms with Crippen LogP contribution in [0.5, 0.6) is 0 Å². The van der Waals surface area contributed by atoms with Crippen molar-refractivity contribution in [1.29, 1.82) is 5.26 Å². The molecule has 10 rings (SSSR count). The van der Waals surface area contributed by atoms with Crippen molar-refractivity contribution < 1.29 is 0 Å². The van der Waals surface area contributed by atoms with Crippen molar-refractivity contribution in [2.45, 2.75) is 5.41 Å². The van der Waals surface area contributed by atoms with Gasteiger partial charge >= 0.3 is 0 Å². The maximum absolute atomic E-state index is 9.70. The first-order chi connectivity index (χ1) is 28.2. The molecule has 1 heterocycles. The Morgan fingerprint density at radius 1 is 0.333 bits per heavy atom.